The topological polar surface area (TPSA) is 70.8 Å². The van der Waals surface area contributed by atoms with Crippen molar-refractivity contribution in [3.63, 3.8) is 0 Å². The molecule has 74 valence electrons. The van der Waals surface area contributed by atoms with Gasteiger partial charge < -0.3 is 10.1 Å². The van der Waals surface area contributed by atoms with Crippen molar-refractivity contribution in [2.75, 3.05) is 12.4 Å². The van der Waals surface area contributed by atoms with Gasteiger partial charge in [-0.3, -0.25) is 0 Å². The molecule has 0 bridgehead atoms. The first kappa shape index (κ1) is 10.3. The van der Waals surface area contributed by atoms with Gasteiger partial charge in [0.15, 0.2) is 0 Å². The van der Waals surface area contributed by atoms with Crippen LogP contribution < -0.4 is 10.1 Å². The molecule has 0 aliphatic rings. The molecular formula is C9H12N4O. The van der Waals surface area contributed by atoms with Gasteiger partial charge in [-0.1, -0.05) is 0 Å². The fourth-order valence-corrected chi connectivity index (χ4v) is 0.943. The number of nitrogens with zero attached hydrogens (tertiary/aromatic N) is 3. The molecule has 1 aromatic heterocycles. The maximum atomic E-state index is 8.69. The molecule has 0 aliphatic carbocycles. The van der Waals surface area contributed by atoms with E-state index in [9.17, 15) is 0 Å². The van der Waals surface area contributed by atoms with E-state index in [0.29, 0.717) is 11.5 Å². The van der Waals surface area contributed by atoms with Gasteiger partial charge >= 0.3 is 6.01 Å². The molecule has 0 aromatic carbocycles. The number of hydrogen-bond acceptors (Lipinski definition) is 5. The lowest BCUT2D eigenvalue weighted by Crippen LogP contribution is -2.12. The van der Waals surface area contributed by atoms with Crippen LogP contribution in [0.15, 0.2) is 6.07 Å². The van der Waals surface area contributed by atoms with Gasteiger partial charge in [0.1, 0.15) is 17.6 Å². The highest BCUT2D eigenvalue weighted by molar-refractivity contribution is 5.41. The van der Waals surface area contributed by atoms with Crippen molar-refractivity contribution in [3.8, 4) is 12.1 Å². The molecule has 5 heteroatoms. The quantitative estimate of drug-likeness (QED) is 0.778. The third kappa shape index (κ3) is 2.59. The van der Waals surface area contributed by atoms with Crippen LogP contribution in [0.4, 0.5) is 5.82 Å². The van der Waals surface area contributed by atoms with E-state index >= 15 is 0 Å². The number of nitriles is 1. The number of ether oxygens (including phenoxy) is 1. The zero-order chi connectivity index (χ0) is 10.6. The number of hydrogen-bond donors (Lipinski definition) is 1. The van der Waals surface area contributed by atoms with Gasteiger partial charge in [0.05, 0.1) is 7.11 Å². The molecule has 0 unspecified atom stereocenters. The van der Waals surface area contributed by atoms with E-state index in [0.717, 1.165) is 0 Å². The predicted molar refractivity (Wildman–Crippen MR) is 52.1 cm³/mol. The highest BCUT2D eigenvalue weighted by Gasteiger charge is 2.04. The predicted octanol–water partition coefficient (Wildman–Crippen LogP) is 1.18. The highest BCUT2D eigenvalue weighted by Crippen LogP contribution is 2.11. The SMILES string of the molecule is COc1nc(C#N)cc(NC(C)C)n1. The van der Waals surface area contributed by atoms with Crippen molar-refractivity contribution >= 4 is 5.82 Å². The zero-order valence-electron chi connectivity index (χ0n) is 8.40. The highest BCUT2D eigenvalue weighted by atomic mass is 16.5. The Hall–Kier alpha value is -1.83. The maximum absolute atomic E-state index is 8.69. The minimum absolute atomic E-state index is 0.201. The number of anilines is 1. The van der Waals surface area contributed by atoms with Gasteiger partial charge in [-0.2, -0.15) is 15.2 Å². The summed E-state index contributed by atoms with van der Waals surface area (Å²) < 4.78 is 4.87. The first-order valence-corrected chi connectivity index (χ1v) is 4.25. The van der Waals surface area contributed by atoms with E-state index in [1.165, 1.54) is 7.11 Å². The average molecular weight is 192 g/mol. The summed E-state index contributed by atoms with van der Waals surface area (Å²) in [4.78, 5) is 7.89. The molecule has 0 fully saturated rings. The first-order chi connectivity index (χ1) is 6.65. The van der Waals surface area contributed by atoms with Crippen molar-refractivity contribution in [1.82, 2.24) is 9.97 Å². The first-order valence-electron chi connectivity index (χ1n) is 4.25. The Morgan fingerprint density at radius 3 is 2.71 bits per heavy atom. The van der Waals surface area contributed by atoms with Crippen LogP contribution in [0, 0.1) is 11.3 Å². The van der Waals surface area contributed by atoms with Crippen molar-refractivity contribution in [2.45, 2.75) is 19.9 Å². The standard InChI is InChI=1S/C9H12N4O/c1-6(2)11-8-4-7(5-10)12-9(13-8)14-3/h4,6H,1-3H3,(H,11,12,13). The molecule has 1 N–H and O–H groups in total. The molecule has 1 heterocycles. The van der Waals surface area contributed by atoms with Gasteiger partial charge in [-0.05, 0) is 13.8 Å². The van der Waals surface area contributed by atoms with Crippen LogP contribution in [-0.2, 0) is 0 Å². The Morgan fingerprint density at radius 2 is 2.21 bits per heavy atom. The zero-order valence-corrected chi connectivity index (χ0v) is 8.40. The summed E-state index contributed by atoms with van der Waals surface area (Å²) in [5, 5.41) is 11.8. The molecule has 1 rings (SSSR count). The molecule has 1 aromatic rings. The minimum atomic E-state index is 0.201. The summed E-state index contributed by atoms with van der Waals surface area (Å²) in [5.41, 5.74) is 0.292. The lowest BCUT2D eigenvalue weighted by atomic mass is 10.3. The molecular weight excluding hydrogens is 180 g/mol. The molecule has 0 saturated carbocycles. The Kier molecular flexibility index (Phi) is 3.24. The number of nitrogens with one attached hydrogen (secondary N) is 1. The van der Waals surface area contributed by atoms with Crippen molar-refractivity contribution in [3.05, 3.63) is 11.8 Å². The Labute approximate surface area is 82.8 Å². The molecule has 0 saturated heterocycles. The van der Waals surface area contributed by atoms with Gasteiger partial charge in [0, 0.05) is 12.1 Å². The third-order valence-electron chi connectivity index (χ3n) is 1.44. The van der Waals surface area contributed by atoms with Crippen LogP contribution in [0.2, 0.25) is 0 Å². The lowest BCUT2D eigenvalue weighted by Gasteiger charge is -2.09. The van der Waals surface area contributed by atoms with Gasteiger partial charge in [0.25, 0.3) is 0 Å². The third-order valence-corrected chi connectivity index (χ3v) is 1.44. The van der Waals surface area contributed by atoms with Crippen LogP contribution in [-0.4, -0.2) is 23.1 Å². The number of rotatable bonds is 3. The summed E-state index contributed by atoms with van der Waals surface area (Å²) in [5.74, 6) is 0.600. The second-order valence-electron chi connectivity index (χ2n) is 3.04. The maximum Gasteiger partial charge on any atom is 0.319 e. The molecule has 0 spiro atoms. The van der Waals surface area contributed by atoms with Gasteiger partial charge in [-0.25, -0.2) is 0 Å². The summed E-state index contributed by atoms with van der Waals surface area (Å²) in [6, 6.07) is 3.98. The van der Waals surface area contributed by atoms with Crippen molar-refractivity contribution in [2.24, 2.45) is 0 Å². The molecule has 14 heavy (non-hydrogen) atoms. The van der Waals surface area contributed by atoms with E-state index in [-0.39, 0.29) is 12.1 Å². The largest absolute Gasteiger partial charge is 0.467 e. The van der Waals surface area contributed by atoms with Crippen LogP contribution in [0.3, 0.4) is 0 Å². The number of methoxy groups -OCH3 is 1. The average Bonchev–Trinajstić information content (AvgIpc) is 2.16. The van der Waals surface area contributed by atoms with Crippen molar-refractivity contribution in [1.29, 1.82) is 5.26 Å². The summed E-state index contributed by atoms with van der Waals surface area (Å²) in [6.45, 7) is 3.97. The Bertz CT molecular complexity index is 356. The monoisotopic (exact) mass is 192 g/mol. The van der Waals surface area contributed by atoms with E-state index in [4.69, 9.17) is 10.00 Å². The molecule has 0 atom stereocenters. The lowest BCUT2D eigenvalue weighted by molar-refractivity contribution is 0.380. The van der Waals surface area contributed by atoms with Gasteiger partial charge in [-0.15, -0.1) is 0 Å². The molecule has 0 aliphatic heterocycles. The molecule has 0 radical (unpaired) electrons. The van der Waals surface area contributed by atoms with E-state index in [2.05, 4.69) is 15.3 Å². The van der Waals surface area contributed by atoms with Gasteiger partial charge in [0.2, 0.25) is 0 Å². The van der Waals surface area contributed by atoms with Crippen LogP contribution in [0.1, 0.15) is 19.5 Å². The minimum Gasteiger partial charge on any atom is -0.467 e. The Balaban J connectivity index is 3.00. The fraction of sp³-hybridized carbons (Fsp3) is 0.444. The molecule has 5 nitrogen and oxygen atoms in total. The van der Waals surface area contributed by atoms with E-state index in [1.54, 1.807) is 6.07 Å². The summed E-state index contributed by atoms with van der Waals surface area (Å²) >= 11 is 0. The second kappa shape index (κ2) is 4.42. The Morgan fingerprint density at radius 1 is 1.50 bits per heavy atom. The summed E-state index contributed by atoms with van der Waals surface area (Å²) in [6.07, 6.45) is 0. The molecule has 0 amide bonds. The van der Waals surface area contributed by atoms with Crippen LogP contribution in [0.25, 0.3) is 0 Å². The van der Waals surface area contributed by atoms with Crippen LogP contribution in [0.5, 0.6) is 6.01 Å². The second-order valence-corrected chi connectivity index (χ2v) is 3.04. The van der Waals surface area contributed by atoms with Crippen LogP contribution >= 0.6 is 0 Å². The fourth-order valence-electron chi connectivity index (χ4n) is 0.943. The van der Waals surface area contributed by atoms with Crippen molar-refractivity contribution < 1.29 is 4.74 Å². The smallest absolute Gasteiger partial charge is 0.319 e. The van der Waals surface area contributed by atoms with E-state index < -0.39 is 0 Å². The van der Waals surface area contributed by atoms with E-state index in [1.807, 2.05) is 19.9 Å². The number of aromatic nitrogens is 2. The normalized spacial score (nSPS) is 9.64. The summed E-state index contributed by atoms with van der Waals surface area (Å²) in [7, 11) is 1.47.